The molecule has 1 aliphatic rings. The second kappa shape index (κ2) is 9.28. The van der Waals surface area contributed by atoms with Gasteiger partial charge in [0.15, 0.2) is 17.3 Å². The van der Waals surface area contributed by atoms with E-state index in [1.54, 1.807) is 18.2 Å². The van der Waals surface area contributed by atoms with Crippen molar-refractivity contribution in [1.82, 2.24) is 0 Å². The third-order valence-electron chi connectivity index (χ3n) is 5.00. The smallest absolute Gasteiger partial charge is 0.173 e. The highest BCUT2D eigenvalue weighted by Gasteiger charge is 2.31. The van der Waals surface area contributed by atoms with Crippen molar-refractivity contribution in [1.29, 1.82) is 0 Å². The Bertz CT molecular complexity index is 1070. The van der Waals surface area contributed by atoms with Crippen LogP contribution >= 0.6 is 11.6 Å². The fourth-order valence-electron chi connectivity index (χ4n) is 3.67. The maximum atomic E-state index is 15.3. The van der Waals surface area contributed by atoms with Crippen LogP contribution in [0, 0.1) is 5.82 Å². The minimum absolute atomic E-state index is 0.0622. The minimum atomic E-state index is -0.603. The Kier molecular flexibility index (Phi) is 6.75. The number of halogens is 2. The molecule has 30 heavy (non-hydrogen) atoms. The summed E-state index contributed by atoms with van der Waals surface area (Å²) in [6.07, 6.45) is 0.339. The van der Waals surface area contributed by atoms with Crippen molar-refractivity contribution in [2.24, 2.45) is 5.73 Å². The van der Waals surface area contributed by atoms with E-state index in [9.17, 15) is 4.79 Å². The van der Waals surface area contributed by atoms with E-state index in [2.05, 4.69) is 5.73 Å². The quantitative estimate of drug-likeness (QED) is 0.550. The van der Waals surface area contributed by atoms with Gasteiger partial charge in [0, 0.05) is 33.7 Å². The van der Waals surface area contributed by atoms with Crippen molar-refractivity contribution in [3.63, 3.8) is 0 Å². The third-order valence-corrected chi connectivity index (χ3v) is 5.32. The summed E-state index contributed by atoms with van der Waals surface area (Å²) in [6.45, 7) is 1.41. The molecule has 0 fully saturated rings. The molecule has 1 aliphatic heterocycles. The fraction of sp³-hybridized carbons (Fsp3) is 0.208. The van der Waals surface area contributed by atoms with Crippen LogP contribution in [0.5, 0.6) is 11.5 Å². The molecule has 1 unspecified atom stereocenters. The molecule has 1 heterocycles. The number of rotatable bonds is 4. The van der Waals surface area contributed by atoms with Gasteiger partial charge in [-0.1, -0.05) is 41.9 Å². The molecule has 3 aromatic rings. The van der Waals surface area contributed by atoms with Gasteiger partial charge in [0.1, 0.15) is 11.9 Å². The lowest BCUT2D eigenvalue weighted by atomic mass is 9.90. The van der Waals surface area contributed by atoms with Gasteiger partial charge in [0.2, 0.25) is 0 Å². The number of ketones is 1. The number of Topliss-reactive ketones (excluding diaryl/α,β-unsaturated/α-hetero) is 1. The number of carbonyl (C=O) groups excluding carboxylic acids is 1. The van der Waals surface area contributed by atoms with Crippen LogP contribution < -0.4 is 15.2 Å². The SMILES string of the molecule is CN.COc1ccc(C(C)=O)c(-c2c(Cl)ccc3c2CC(c2ccccc2)O3)c1F. The molecule has 6 heteroatoms. The maximum absolute atomic E-state index is 15.3. The maximum Gasteiger partial charge on any atom is 0.173 e. The Labute approximate surface area is 180 Å². The Balaban J connectivity index is 0.00000124. The number of fused-ring (bicyclic) bond motifs is 1. The van der Waals surface area contributed by atoms with Gasteiger partial charge >= 0.3 is 0 Å². The lowest BCUT2D eigenvalue weighted by Gasteiger charge is -2.16. The highest BCUT2D eigenvalue weighted by Crippen LogP contribution is 2.47. The van der Waals surface area contributed by atoms with Crippen LogP contribution in [0.1, 0.15) is 34.5 Å². The minimum Gasteiger partial charge on any atom is -0.494 e. The van der Waals surface area contributed by atoms with E-state index in [4.69, 9.17) is 21.1 Å². The number of methoxy groups -OCH3 is 1. The summed E-state index contributed by atoms with van der Waals surface area (Å²) >= 11 is 6.51. The van der Waals surface area contributed by atoms with Crippen LogP contribution in [-0.2, 0) is 6.42 Å². The molecule has 0 radical (unpaired) electrons. The number of carbonyl (C=O) groups is 1. The molecule has 4 nitrogen and oxygen atoms in total. The Morgan fingerprint density at radius 1 is 1.10 bits per heavy atom. The molecule has 0 saturated heterocycles. The molecular formula is C24H23ClFNO3. The van der Waals surface area contributed by atoms with Crippen molar-refractivity contribution in [3.8, 4) is 22.6 Å². The highest BCUT2D eigenvalue weighted by atomic mass is 35.5. The summed E-state index contributed by atoms with van der Waals surface area (Å²) < 4.78 is 26.5. The average Bonchev–Trinajstić information content (AvgIpc) is 3.20. The Morgan fingerprint density at radius 3 is 2.43 bits per heavy atom. The van der Waals surface area contributed by atoms with Gasteiger partial charge in [-0.3, -0.25) is 4.79 Å². The normalized spacial score (nSPS) is 14.3. The molecule has 0 spiro atoms. The first kappa shape index (κ1) is 21.8. The first-order valence-corrected chi connectivity index (χ1v) is 9.87. The van der Waals surface area contributed by atoms with Gasteiger partial charge < -0.3 is 15.2 Å². The largest absolute Gasteiger partial charge is 0.494 e. The Hall–Kier alpha value is -2.89. The van der Waals surface area contributed by atoms with E-state index in [0.717, 1.165) is 11.1 Å². The van der Waals surface area contributed by atoms with E-state index in [0.29, 0.717) is 22.8 Å². The molecule has 0 saturated carbocycles. The van der Waals surface area contributed by atoms with Crippen LogP contribution in [0.3, 0.4) is 0 Å². The molecule has 0 bridgehead atoms. The summed E-state index contributed by atoms with van der Waals surface area (Å²) in [5, 5.41) is 0.366. The molecule has 0 amide bonds. The number of hydrogen-bond donors (Lipinski definition) is 1. The zero-order valence-corrected chi connectivity index (χ0v) is 17.8. The Morgan fingerprint density at radius 2 is 1.80 bits per heavy atom. The number of nitrogens with two attached hydrogens (primary N) is 1. The van der Waals surface area contributed by atoms with Crippen molar-refractivity contribution in [2.75, 3.05) is 14.2 Å². The highest BCUT2D eigenvalue weighted by molar-refractivity contribution is 6.34. The number of hydrogen-bond acceptors (Lipinski definition) is 4. The second-order valence-electron chi connectivity index (χ2n) is 6.68. The van der Waals surface area contributed by atoms with Crippen LogP contribution in [-0.4, -0.2) is 19.9 Å². The standard InChI is InChI=1S/C23H18ClFO3.CH5N/c1-13(26)15-8-10-19(27-2)23(25)22(15)21-16-12-20(14-6-4-3-5-7-14)28-18(16)11-9-17(21)24;1-2/h3-11,20H,12H2,1-2H3;2H2,1H3. The molecule has 3 aromatic carbocycles. The second-order valence-corrected chi connectivity index (χ2v) is 7.09. The van der Waals surface area contributed by atoms with Gasteiger partial charge in [0.25, 0.3) is 0 Å². The number of benzene rings is 3. The summed E-state index contributed by atoms with van der Waals surface area (Å²) in [5.41, 5.74) is 7.22. The first-order valence-electron chi connectivity index (χ1n) is 9.49. The van der Waals surface area contributed by atoms with E-state index >= 15 is 4.39 Å². The fourth-order valence-corrected chi connectivity index (χ4v) is 3.94. The monoisotopic (exact) mass is 427 g/mol. The van der Waals surface area contributed by atoms with Crippen molar-refractivity contribution >= 4 is 17.4 Å². The molecule has 0 aliphatic carbocycles. The third kappa shape index (κ3) is 3.91. The van der Waals surface area contributed by atoms with Crippen molar-refractivity contribution in [3.05, 3.63) is 82.1 Å². The van der Waals surface area contributed by atoms with E-state index < -0.39 is 5.82 Å². The molecule has 4 rings (SSSR count). The van der Waals surface area contributed by atoms with Gasteiger partial charge in [-0.25, -0.2) is 4.39 Å². The zero-order valence-electron chi connectivity index (χ0n) is 17.0. The van der Waals surface area contributed by atoms with Crippen molar-refractivity contribution < 1.29 is 18.7 Å². The molecule has 2 N–H and O–H groups in total. The lowest BCUT2D eigenvalue weighted by Crippen LogP contribution is -2.04. The van der Waals surface area contributed by atoms with E-state index in [-0.39, 0.29) is 28.8 Å². The van der Waals surface area contributed by atoms with Gasteiger partial charge in [0.05, 0.1) is 7.11 Å². The molecule has 0 aromatic heterocycles. The van der Waals surface area contributed by atoms with Gasteiger partial charge in [-0.2, -0.15) is 0 Å². The van der Waals surface area contributed by atoms with Gasteiger partial charge in [-0.15, -0.1) is 0 Å². The lowest BCUT2D eigenvalue weighted by molar-refractivity contribution is 0.101. The van der Waals surface area contributed by atoms with Crippen LogP contribution in [0.2, 0.25) is 5.02 Å². The topological polar surface area (TPSA) is 61.5 Å². The molecule has 1 atom stereocenters. The number of ether oxygens (including phenoxy) is 2. The summed E-state index contributed by atoms with van der Waals surface area (Å²) in [7, 11) is 2.89. The predicted molar refractivity (Wildman–Crippen MR) is 117 cm³/mol. The van der Waals surface area contributed by atoms with Crippen LogP contribution in [0.15, 0.2) is 54.6 Å². The summed E-state index contributed by atoms with van der Waals surface area (Å²) in [6, 6.07) is 16.3. The average molecular weight is 428 g/mol. The molecular weight excluding hydrogens is 405 g/mol. The predicted octanol–water partition coefficient (Wildman–Crippen LogP) is 5.61. The zero-order chi connectivity index (χ0) is 21.8. The van der Waals surface area contributed by atoms with Crippen LogP contribution in [0.4, 0.5) is 4.39 Å². The first-order chi connectivity index (χ1) is 14.5. The summed E-state index contributed by atoms with van der Waals surface area (Å²) in [5.74, 6) is -0.144. The van der Waals surface area contributed by atoms with Crippen molar-refractivity contribution in [2.45, 2.75) is 19.4 Å². The van der Waals surface area contributed by atoms with E-state index in [1.165, 1.54) is 27.1 Å². The van der Waals surface area contributed by atoms with Gasteiger partial charge in [-0.05, 0) is 43.8 Å². The van der Waals surface area contributed by atoms with Crippen LogP contribution in [0.25, 0.3) is 11.1 Å². The molecule has 156 valence electrons. The van der Waals surface area contributed by atoms with E-state index in [1.807, 2.05) is 30.3 Å². The summed E-state index contributed by atoms with van der Waals surface area (Å²) in [4.78, 5) is 12.2.